The molecule has 3 nitrogen and oxygen atoms in total. The van der Waals surface area contributed by atoms with Crippen molar-refractivity contribution in [1.82, 2.24) is 10.2 Å². The molecule has 0 bridgehead atoms. The Kier molecular flexibility index (Phi) is 10.4. The van der Waals surface area contributed by atoms with Gasteiger partial charge in [0.1, 0.15) is 6.54 Å². The van der Waals surface area contributed by atoms with Gasteiger partial charge in [0.15, 0.2) is 0 Å². The summed E-state index contributed by atoms with van der Waals surface area (Å²) in [5, 5.41) is 2.14. The second kappa shape index (κ2) is 13.3. The van der Waals surface area contributed by atoms with E-state index in [-0.39, 0.29) is 6.04 Å². The zero-order valence-electron chi connectivity index (χ0n) is 22.0. The van der Waals surface area contributed by atoms with Crippen molar-refractivity contribution in [2.24, 2.45) is 0 Å². The molecular formula is C30H41F3N2O. The number of benzene rings is 2. The molecular weight excluding hydrogens is 461 g/mol. The normalized spacial score (nSPS) is 15.6. The van der Waals surface area contributed by atoms with Crippen molar-refractivity contribution in [3.8, 4) is 11.1 Å². The molecule has 198 valence electrons. The highest BCUT2D eigenvalue weighted by atomic mass is 19.4. The molecule has 2 unspecified atom stereocenters. The van der Waals surface area contributed by atoms with Crippen LogP contribution in [0.15, 0.2) is 42.5 Å². The van der Waals surface area contributed by atoms with Gasteiger partial charge in [0, 0.05) is 6.04 Å². The summed E-state index contributed by atoms with van der Waals surface area (Å²) < 4.78 is 38.6. The Morgan fingerprint density at radius 2 is 1.53 bits per heavy atom. The van der Waals surface area contributed by atoms with E-state index in [1.807, 2.05) is 36.4 Å². The number of hydrogen-bond acceptors (Lipinski definition) is 2. The summed E-state index contributed by atoms with van der Waals surface area (Å²) in [6.45, 7) is 7.38. The number of halogens is 3. The van der Waals surface area contributed by atoms with Crippen molar-refractivity contribution < 1.29 is 18.0 Å². The van der Waals surface area contributed by atoms with Gasteiger partial charge in [0.25, 0.3) is 0 Å². The van der Waals surface area contributed by atoms with Crippen LogP contribution < -0.4 is 5.32 Å². The number of alkyl halides is 3. The predicted octanol–water partition coefficient (Wildman–Crippen LogP) is 8.00. The van der Waals surface area contributed by atoms with Crippen molar-refractivity contribution in [1.29, 1.82) is 0 Å². The second-order valence-electron chi connectivity index (χ2n) is 9.92. The van der Waals surface area contributed by atoms with Crippen LogP contribution in [0.5, 0.6) is 0 Å². The lowest BCUT2D eigenvalue weighted by atomic mass is 9.89. The standard InChI is InChI=1S/C30H41F3N2O/c1-4-7-11-19-35(20-12-8-5-2)26(14-6-3)24-17-13-18-25-27(24)22-15-9-10-16-23(22)28(25)29(36)34-21-30(31,32)33/h9-10,13,15-18,26,28H,4-8,11-12,14,19-21H2,1-3H3,(H,34,36). The molecule has 2 aromatic carbocycles. The van der Waals surface area contributed by atoms with E-state index >= 15 is 0 Å². The van der Waals surface area contributed by atoms with Crippen molar-refractivity contribution in [2.75, 3.05) is 19.6 Å². The van der Waals surface area contributed by atoms with Gasteiger partial charge in [-0.05, 0) is 60.2 Å². The molecule has 0 heterocycles. The van der Waals surface area contributed by atoms with E-state index in [1.54, 1.807) is 0 Å². The summed E-state index contributed by atoms with van der Waals surface area (Å²) in [4.78, 5) is 15.7. The molecule has 1 amide bonds. The van der Waals surface area contributed by atoms with Crippen LogP contribution >= 0.6 is 0 Å². The maximum absolute atomic E-state index is 13.1. The van der Waals surface area contributed by atoms with Crippen LogP contribution in [0, 0.1) is 0 Å². The molecule has 1 aliphatic carbocycles. The van der Waals surface area contributed by atoms with Gasteiger partial charge >= 0.3 is 6.18 Å². The molecule has 2 aromatic rings. The Morgan fingerprint density at radius 3 is 2.14 bits per heavy atom. The fourth-order valence-electron chi connectivity index (χ4n) is 5.50. The van der Waals surface area contributed by atoms with Crippen molar-refractivity contribution >= 4 is 5.91 Å². The van der Waals surface area contributed by atoms with Gasteiger partial charge in [0.05, 0.1) is 5.92 Å². The van der Waals surface area contributed by atoms with Crippen LogP contribution in [0.2, 0.25) is 0 Å². The van der Waals surface area contributed by atoms with Crippen LogP contribution in [0.1, 0.15) is 101 Å². The summed E-state index contributed by atoms with van der Waals surface area (Å²) in [5.74, 6) is -1.32. The van der Waals surface area contributed by atoms with Gasteiger partial charge < -0.3 is 5.32 Å². The fraction of sp³-hybridized carbons (Fsp3) is 0.567. The lowest BCUT2D eigenvalue weighted by molar-refractivity contribution is -0.138. The average molecular weight is 503 g/mol. The summed E-state index contributed by atoms with van der Waals surface area (Å²) in [6, 6.07) is 14.0. The van der Waals surface area contributed by atoms with E-state index in [0.29, 0.717) is 0 Å². The maximum Gasteiger partial charge on any atom is 0.405 e. The molecule has 0 aliphatic heterocycles. The third kappa shape index (κ3) is 6.90. The van der Waals surface area contributed by atoms with Crippen LogP contribution in [-0.2, 0) is 4.79 Å². The number of amides is 1. The van der Waals surface area contributed by atoms with Gasteiger partial charge in [-0.1, -0.05) is 95.3 Å². The molecule has 0 radical (unpaired) electrons. The Hall–Kier alpha value is -2.34. The molecule has 1 aliphatic rings. The number of hydrogen-bond donors (Lipinski definition) is 1. The molecule has 6 heteroatoms. The van der Waals surface area contributed by atoms with Gasteiger partial charge in [-0.15, -0.1) is 0 Å². The first-order valence-electron chi connectivity index (χ1n) is 13.6. The number of fused-ring (bicyclic) bond motifs is 3. The lowest BCUT2D eigenvalue weighted by Gasteiger charge is -2.34. The number of rotatable bonds is 14. The Labute approximate surface area is 214 Å². The van der Waals surface area contributed by atoms with Crippen molar-refractivity contribution in [3.63, 3.8) is 0 Å². The van der Waals surface area contributed by atoms with Gasteiger partial charge in [-0.3, -0.25) is 9.69 Å². The second-order valence-corrected chi connectivity index (χ2v) is 9.92. The zero-order valence-corrected chi connectivity index (χ0v) is 22.0. The zero-order chi connectivity index (χ0) is 26.1. The predicted molar refractivity (Wildman–Crippen MR) is 141 cm³/mol. The number of unbranched alkanes of at least 4 members (excludes halogenated alkanes) is 4. The fourth-order valence-corrected chi connectivity index (χ4v) is 5.50. The van der Waals surface area contributed by atoms with E-state index in [2.05, 4.69) is 37.1 Å². The molecule has 1 N–H and O–H groups in total. The Bertz CT molecular complexity index is 978. The summed E-state index contributed by atoms with van der Waals surface area (Å²) >= 11 is 0. The largest absolute Gasteiger partial charge is 0.405 e. The molecule has 0 fully saturated rings. The van der Waals surface area contributed by atoms with E-state index in [1.165, 1.54) is 31.2 Å². The third-order valence-corrected chi connectivity index (χ3v) is 7.17. The van der Waals surface area contributed by atoms with Gasteiger partial charge in [-0.25, -0.2) is 0 Å². The van der Waals surface area contributed by atoms with Crippen LogP contribution in [-0.4, -0.2) is 36.6 Å². The number of nitrogens with one attached hydrogen (secondary N) is 1. The number of carbonyl (C=O) groups excluding carboxylic acids is 1. The number of carbonyl (C=O) groups is 1. The molecule has 0 saturated heterocycles. The topological polar surface area (TPSA) is 32.3 Å². The number of nitrogens with zero attached hydrogens (tertiary/aromatic N) is 1. The first-order chi connectivity index (χ1) is 17.3. The third-order valence-electron chi connectivity index (χ3n) is 7.17. The SMILES string of the molecule is CCCCCN(CCCCC)C(CCC)c1cccc2c1-c1ccccc1C2C(=O)NCC(F)(F)F. The Balaban J connectivity index is 2.03. The Morgan fingerprint density at radius 1 is 0.889 bits per heavy atom. The molecule has 3 rings (SSSR count). The maximum atomic E-state index is 13.1. The van der Waals surface area contributed by atoms with Crippen molar-refractivity contribution in [2.45, 2.75) is 90.3 Å². The highest BCUT2D eigenvalue weighted by Crippen LogP contribution is 2.49. The summed E-state index contributed by atoms with van der Waals surface area (Å²) in [5.41, 5.74) is 4.81. The molecule has 0 saturated carbocycles. The monoisotopic (exact) mass is 502 g/mol. The van der Waals surface area contributed by atoms with Crippen LogP contribution in [0.4, 0.5) is 13.2 Å². The lowest BCUT2D eigenvalue weighted by Crippen LogP contribution is -2.36. The van der Waals surface area contributed by atoms with E-state index < -0.39 is 24.5 Å². The molecule has 2 atom stereocenters. The first kappa shape index (κ1) is 28.2. The van der Waals surface area contributed by atoms with Crippen LogP contribution in [0.25, 0.3) is 11.1 Å². The minimum Gasteiger partial charge on any atom is -0.346 e. The minimum absolute atomic E-state index is 0.212. The van der Waals surface area contributed by atoms with Gasteiger partial charge in [-0.2, -0.15) is 13.2 Å². The summed E-state index contributed by atoms with van der Waals surface area (Å²) in [6.07, 6.45) is 4.62. The van der Waals surface area contributed by atoms with E-state index in [9.17, 15) is 18.0 Å². The summed E-state index contributed by atoms with van der Waals surface area (Å²) in [7, 11) is 0. The van der Waals surface area contributed by atoms with Gasteiger partial charge in [0.2, 0.25) is 5.91 Å². The molecule has 0 spiro atoms. The molecule has 36 heavy (non-hydrogen) atoms. The minimum atomic E-state index is -4.44. The quantitative estimate of drug-likeness (QED) is 0.265. The highest BCUT2D eigenvalue weighted by Gasteiger charge is 2.38. The van der Waals surface area contributed by atoms with E-state index in [0.717, 1.165) is 61.0 Å². The average Bonchev–Trinajstić information content (AvgIpc) is 3.20. The first-order valence-corrected chi connectivity index (χ1v) is 13.6. The van der Waals surface area contributed by atoms with Crippen molar-refractivity contribution in [3.05, 3.63) is 59.2 Å². The van der Waals surface area contributed by atoms with Crippen LogP contribution in [0.3, 0.4) is 0 Å². The van der Waals surface area contributed by atoms with E-state index in [4.69, 9.17) is 0 Å². The smallest absolute Gasteiger partial charge is 0.346 e. The molecule has 0 aromatic heterocycles. The highest BCUT2D eigenvalue weighted by molar-refractivity contribution is 5.97.